The number of ether oxygens (including phenoxy) is 1. The minimum absolute atomic E-state index is 0.374. The second-order valence-corrected chi connectivity index (χ2v) is 7.20. The summed E-state index contributed by atoms with van der Waals surface area (Å²) in [6.45, 7) is 3.90. The van der Waals surface area contributed by atoms with Gasteiger partial charge in [0.2, 0.25) is 0 Å². The Morgan fingerprint density at radius 2 is 1.69 bits per heavy atom. The summed E-state index contributed by atoms with van der Waals surface area (Å²) in [5, 5.41) is 3.23. The Morgan fingerprint density at radius 3 is 2.41 bits per heavy atom. The molecule has 0 amide bonds. The number of pyridine rings is 1. The molecule has 158 valence electrons. The Bertz CT molecular complexity index is 1310. The Morgan fingerprint density at radius 1 is 0.875 bits per heavy atom. The summed E-state index contributed by atoms with van der Waals surface area (Å²) in [6, 6.07) is 16.8. The lowest BCUT2D eigenvalue weighted by molar-refractivity contribution is 0.476. The lowest BCUT2D eigenvalue weighted by atomic mass is 10.2. The molecule has 0 saturated carbocycles. The molecule has 0 spiro atoms. The number of rotatable bonds is 4. The van der Waals surface area contributed by atoms with Crippen LogP contribution in [0, 0.1) is 25.7 Å². The molecule has 0 bridgehead atoms. The van der Waals surface area contributed by atoms with Crippen LogP contribution in [0.3, 0.4) is 0 Å². The lowest BCUT2D eigenvalue weighted by Crippen LogP contribution is -2.03. The summed E-state index contributed by atoms with van der Waals surface area (Å²) < 4.78 is 5.93. The molecule has 0 aliphatic heterocycles. The second-order valence-electron chi connectivity index (χ2n) is 7.20. The molecular formula is C25H22N6O. The van der Waals surface area contributed by atoms with Crippen molar-refractivity contribution in [2.45, 2.75) is 13.8 Å². The molecule has 0 aliphatic rings. The minimum Gasteiger partial charge on any atom is -0.455 e. The molecule has 0 unspecified atom stereocenters. The molecule has 7 heteroatoms. The molecule has 0 aliphatic carbocycles. The van der Waals surface area contributed by atoms with Gasteiger partial charge in [0.15, 0.2) is 5.82 Å². The number of aromatic nitrogens is 3. The third-order valence-corrected chi connectivity index (χ3v) is 4.67. The van der Waals surface area contributed by atoms with Gasteiger partial charge in [0.05, 0.1) is 6.20 Å². The molecule has 32 heavy (non-hydrogen) atoms. The Labute approximate surface area is 186 Å². The van der Waals surface area contributed by atoms with Crippen LogP contribution in [0.1, 0.15) is 22.5 Å². The molecule has 2 aromatic carbocycles. The van der Waals surface area contributed by atoms with Crippen molar-refractivity contribution in [3.63, 3.8) is 0 Å². The van der Waals surface area contributed by atoms with Crippen LogP contribution in [0.25, 0.3) is 0 Å². The first kappa shape index (κ1) is 20.7. The van der Waals surface area contributed by atoms with E-state index in [0.29, 0.717) is 28.6 Å². The molecule has 5 N–H and O–H groups in total. The monoisotopic (exact) mass is 422 g/mol. The zero-order chi connectivity index (χ0) is 22.5. The van der Waals surface area contributed by atoms with E-state index in [4.69, 9.17) is 16.2 Å². The Kier molecular flexibility index (Phi) is 5.86. The fraction of sp³-hybridized carbons (Fsp3) is 0.0800. The van der Waals surface area contributed by atoms with E-state index < -0.39 is 0 Å². The van der Waals surface area contributed by atoms with Gasteiger partial charge in [0.1, 0.15) is 29.2 Å². The average molecular weight is 422 g/mol. The van der Waals surface area contributed by atoms with Gasteiger partial charge >= 0.3 is 0 Å². The lowest BCUT2D eigenvalue weighted by Gasteiger charge is -2.12. The van der Waals surface area contributed by atoms with Gasteiger partial charge in [-0.05, 0) is 79.9 Å². The van der Waals surface area contributed by atoms with E-state index in [1.54, 1.807) is 18.3 Å². The highest BCUT2D eigenvalue weighted by molar-refractivity contribution is 5.73. The quantitative estimate of drug-likeness (QED) is 0.326. The van der Waals surface area contributed by atoms with E-state index in [0.717, 1.165) is 28.3 Å². The minimum atomic E-state index is 0.374. The molecule has 0 radical (unpaired) electrons. The number of nitrogens with one attached hydrogen (secondary N) is 1. The van der Waals surface area contributed by atoms with Gasteiger partial charge in [-0.1, -0.05) is 5.92 Å². The fourth-order valence-electron chi connectivity index (χ4n) is 2.91. The van der Waals surface area contributed by atoms with Crippen molar-refractivity contribution in [2.75, 3.05) is 16.8 Å². The Hall–Kier alpha value is -4.57. The number of hydrogen-bond donors (Lipinski definition) is 3. The summed E-state index contributed by atoms with van der Waals surface area (Å²) in [5.41, 5.74) is 17.0. The number of aryl methyl sites for hydroxylation is 2. The van der Waals surface area contributed by atoms with Gasteiger partial charge < -0.3 is 21.5 Å². The molecule has 7 nitrogen and oxygen atoms in total. The van der Waals surface area contributed by atoms with E-state index in [2.05, 4.69) is 32.1 Å². The summed E-state index contributed by atoms with van der Waals surface area (Å²) >= 11 is 0. The highest BCUT2D eigenvalue weighted by atomic mass is 16.5. The normalized spacial score (nSPS) is 10.2. The standard InChI is InChI=1S/C25H22N6O/c1-16-13-20(9-12-23(16)32-21-10-3-17(2)28-14-21)31-25-24(27)22(29-15-30-25)11-6-18-4-7-19(26)8-5-18/h3-5,7-10,12-15H,26-27H2,1-2H3,(H,29,30,31). The van der Waals surface area contributed by atoms with Crippen LogP contribution < -0.4 is 21.5 Å². The largest absolute Gasteiger partial charge is 0.455 e. The van der Waals surface area contributed by atoms with Crippen molar-refractivity contribution < 1.29 is 4.74 Å². The maximum Gasteiger partial charge on any atom is 0.158 e. The Balaban J connectivity index is 1.51. The summed E-state index contributed by atoms with van der Waals surface area (Å²) in [6.07, 6.45) is 3.13. The van der Waals surface area contributed by atoms with Crippen molar-refractivity contribution in [1.82, 2.24) is 15.0 Å². The second kappa shape index (κ2) is 9.06. The van der Waals surface area contributed by atoms with Gasteiger partial charge in [0.25, 0.3) is 0 Å². The molecule has 2 heterocycles. The first-order valence-electron chi connectivity index (χ1n) is 9.94. The van der Waals surface area contributed by atoms with E-state index >= 15 is 0 Å². The predicted octanol–water partition coefficient (Wildman–Crippen LogP) is 4.59. The zero-order valence-corrected chi connectivity index (χ0v) is 17.8. The third-order valence-electron chi connectivity index (χ3n) is 4.67. The topological polar surface area (TPSA) is 112 Å². The van der Waals surface area contributed by atoms with Crippen molar-refractivity contribution in [3.05, 3.63) is 89.6 Å². The SMILES string of the molecule is Cc1ccc(Oc2ccc(Nc3ncnc(C#Cc4ccc(N)cc4)c3N)cc2C)cn1. The number of nitrogen functional groups attached to an aromatic ring is 2. The number of benzene rings is 2. The average Bonchev–Trinajstić information content (AvgIpc) is 2.79. The van der Waals surface area contributed by atoms with E-state index in [1.165, 1.54) is 6.33 Å². The van der Waals surface area contributed by atoms with E-state index in [9.17, 15) is 0 Å². The molecule has 4 rings (SSSR count). The third kappa shape index (κ3) is 4.94. The van der Waals surface area contributed by atoms with Crippen LogP contribution >= 0.6 is 0 Å². The summed E-state index contributed by atoms with van der Waals surface area (Å²) in [4.78, 5) is 12.7. The maximum absolute atomic E-state index is 6.26. The number of hydrogen-bond acceptors (Lipinski definition) is 7. The number of nitrogens with zero attached hydrogens (tertiary/aromatic N) is 3. The molecule has 2 aromatic heterocycles. The molecule has 0 fully saturated rings. The van der Waals surface area contributed by atoms with Crippen LogP contribution in [-0.4, -0.2) is 15.0 Å². The summed E-state index contributed by atoms with van der Waals surface area (Å²) in [7, 11) is 0. The van der Waals surface area contributed by atoms with Gasteiger partial charge in [-0.3, -0.25) is 4.98 Å². The van der Waals surface area contributed by atoms with Crippen molar-refractivity contribution >= 4 is 22.9 Å². The highest BCUT2D eigenvalue weighted by Crippen LogP contribution is 2.29. The van der Waals surface area contributed by atoms with Crippen LogP contribution in [0.2, 0.25) is 0 Å². The van der Waals surface area contributed by atoms with E-state index in [1.807, 2.05) is 56.3 Å². The van der Waals surface area contributed by atoms with Gasteiger partial charge in [0, 0.05) is 22.6 Å². The van der Waals surface area contributed by atoms with Gasteiger partial charge in [-0.2, -0.15) is 0 Å². The molecule has 0 atom stereocenters. The fourth-order valence-corrected chi connectivity index (χ4v) is 2.91. The number of anilines is 4. The smallest absolute Gasteiger partial charge is 0.158 e. The van der Waals surface area contributed by atoms with Crippen molar-refractivity contribution in [1.29, 1.82) is 0 Å². The number of nitrogens with two attached hydrogens (primary N) is 2. The molecule has 4 aromatic rings. The van der Waals surface area contributed by atoms with Crippen LogP contribution in [0.5, 0.6) is 11.5 Å². The predicted molar refractivity (Wildman–Crippen MR) is 127 cm³/mol. The first-order chi connectivity index (χ1) is 15.5. The van der Waals surface area contributed by atoms with Gasteiger partial charge in [-0.15, -0.1) is 0 Å². The van der Waals surface area contributed by atoms with Crippen LogP contribution in [-0.2, 0) is 0 Å². The van der Waals surface area contributed by atoms with Crippen LogP contribution in [0.4, 0.5) is 22.9 Å². The van der Waals surface area contributed by atoms with Gasteiger partial charge in [-0.25, -0.2) is 9.97 Å². The van der Waals surface area contributed by atoms with Crippen LogP contribution in [0.15, 0.2) is 67.1 Å². The van der Waals surface area contributed by atoms with E-state index in [-0.39, 0.29) is 0 Å². The summed E-state index contributed by atoms with van der Waals surface area (Å²) in [5.74, 6) is 7.94. The molecule has 0 saturated heterocycles. The highest BCUT2D eigenvalue weighted by Gasteiger charge is 2.09. The molecular weight excluding hydrogens is 400 g/mol. The first-order valence-corrected chi connectivity index (χ1v) is 9.94. The van der Waals surface area contributed by atoms with Crippen molar-refractivity contribution in [3.8, 4) is 23.3 Å². The van der Waals surface area contributed by atoms with Crippen molar-refractivity contribution in [2.24, 2.45) is 0 Å². The maximum atomic E-state index is 6.26. The zero-order valence-electron chi connectivity index (χ0n) is 17.8.